The first kappa shape index (κ1) is 12.1. The van der Waals surface area contributed by atoms with Crippen LogP contribution in [0.15, 0.2) is 28.8 Å². The number of hydrogen-bond acceptors (Lipinski definition) is 5. The summed E-state index contributed by atoms with van der Waals surface area (Å²) in [7, 11) is 0. The van der Waals surface area contributed by atoms with Crippen LogP contribution in [0.2, 0.25) is 0 Å². The van der Waals surface area contributed by atoms with Gasteiger partial charge < -0.3 is 14.6 Å². The Balaban J connectivity index is 1.54. The summed E-state index contributed by atoms with van der Waals surface area (Å²) in [4.78, 5) is 4.52. The van der Waals surface area contributed by atoms with Gasteiger partial charge in [0.05, 0.1) is 6.04 Å². The van der Waals surface area contributed by atoms with E-state index >= 15 is 0 Å². The fourth-order valence-corrected chi connectivity index (χ4v) is 2.93. The summed E-state index contributed by atoms with van der Waals surface area (Å²) in [5.74, 6) is 1.36. The van der Waals surface area contributed by atoms with E-state index < -0.39 is 0 Å². The maximum Gasteiger partial charge on any atom is 0.244 e. The Hall–Kier alpha value is -1.72. The summed E-state index contributed by atoms with van der Waals surface area (Å²) in [6.45, 7) is 1.64. The molecule has 2 aliphatic rings. The van der Waals surface area contributed by atoms with Gasteiger partial charge in [-0.2, -0.15) is 4.98 Å². The molecule has 0 saturated carbocycles. The number of nitrogens with zero attached hydrogens (tertiary/aromatic N) is 2. The van der Waals surface area contributed by atoms with Crippen LogP contribution in [0.4, 0.5) is 0 Å². The maximum absolute atomic E-state index is 5.59. The van der Waals surface area contributed by atoms with Gasteiger partial charge in [-0.05, 0) is 30.4 Å². The van der Waals surface area contributed by atoms with Crippen molar-refractivity contribution in [2.75, 3.05) is 6.61 Å². The van der Waals surface area contributed by atoms with Gasteiger partial charge in [0.25, 0.3) is 0 Å². The van der Waals surface area contributed by atoms with Crippen LogP contribution in [0.25, 0.3) is 0 Å². The van der Waals surface area contributed by atoms with Gasteiger partial charge in [0.2, 0.25) is 11.7 Å². The largest absolute Gasteiger partial charge is 0.370 e. The molecule has 1 aromatic heterocycles. The molecule has 1 aromatic carbocycles. The van der Waals surface area contributed by atoms with Crippen molar-refractivity contribution in [3.63, 3.8) is 0 Å². The van der Waals surface area contributed by atoms with Crippen molar-refractivity contribution in [1.82, 2.24) is 15.5 Å². The Morgan fingerprint density at radius 1 is 1.20 bits per heavy atom. The lowest BCUT2D eigenvalue weighted by Gasteiger charge is -2.23. The zero-order chi connectivity index (χ0) is 13.4. The monoisotopic (exact) mass is 271 g/mol. The molecule has 20 heavy (non-hydrogen) atoms. The van der Waals surface area contributed by atoms with Crippen LogP contribution in [0.3, 0.4) is 0 Å². The van der Waals surface area contributed by atoms with Gasteiger partial charge in [-0.1, -0.05) is 29.4 Å². The van der Waals surface area contributed by atoms with Crippen LogP contribution in [-0.4, -0.2) is 16.7 Å². The quantitative estimate of drug-likeness (QED) is 0.908. The van der Waals surface area contributed by atoms with Crippen LogP contribution in [0.5, 0.6) is 0 Å². The number of nitrogens with one attached hydrogen (secondary N) is 1. The van der Waals surface area contributed by atoms with Gasteiger partial charge in [-0.25, -0.2) is 0 Å². The van der Waals surface area contributed by atoms with Crippen molar-refractivity contribution in [3.05, 3.63) is 47.1 Å². The smallest absolute Gasteiger partial charge is 0.244 e. The van der Waals surface area contributed by atoms with Crippen LogP contribution < -0.4 is 5.32 Å². The molecule has 0 spiro atoms. The molecule has 2 aliphatic heterocycles. The lowest BCUT2D eigenvalue weighted by molar-refractivity contribution is 0.103. The molecule has 0 amide bonds. The first-order chi connectivity index (χ1) is 9.90. The van der Waals surface area contributed by atoms with Crippen molar-refractivity contribution < 1.29 is 9.26 Å². The van der Waals surface area contributed by atoms with Gasteiger partial charge in [-0.15, -0.1) is 0 Å². The molecular weight excluding hydrogens is 254 g/mol. The van der Waals surface area contributed by atoms with Crippen molar-refractivity contribution >= 4 is 0 Å². The summed E-state index contributed by atoms with van der Waals surface area (Å²) >= 11 is 0. The molecule has 1 fully saturated rings. The van der Waals surface area contributed by atoms with Crippen LogP contribution >= 0.6 is 0 Å². The second-order valence-electron chi connectivity index (χ2n) is 5.40. The van der Waals surface area contributed by atoms with Crippen LogP contribution in [-0.2, 0) is 17.7 Å². The molecule has 2 atom stereocenters. The Labute approximate surface area is 117 Å². The number of fused-ring (bicyclic) bond motifs is 1. The Kier molecular flexibility index (Phi) is 3.01. The Morgan fingerprint density at radius 2 is 2.10 bits per heavy atom. The molecule has 5 heteroatoms. The average Bonchev–Trinajstić information content (AvgIpc) is 3.17. The number of benzene rings is 1. The molecule has 1 saturated heterocycles. The summed E-state index contributed by atoms with van der Waals surface area (Å²) in [5, 5.41) is 7.54. The summed E-state index contributed by atoms with van der Waals surface area (Å²) < 4.78 is 11.0. The minimum atomic E-state index is 0.0170. The van der Waals surface area contributed by atoms with Crippen LogP contribution in [0, 0.1) is 0 Å². The van der Waals surface area contributed by atoms with Gasteiger partial charge in [0.1, 0.15) is 6.10 Å². The van der Waals surface area contributed by atoms with Crippen molar-refractivity contribution in [3.8, 4) is 0 Å². The molecular formula is C15H17N3O2. The molecule has 3 heterocycles. The molecule has 2 aromatic rings. The predicted octanol–water partition coefficient (Wildman–Crippen LogP) is 2.31. The van der Waals surface area contributed by atoms with Crippen molar-refractivity contribution in [2.45, 2.75) is 38.0 Å². The fraction of sp³-hybridized carbons (Fsp3) is 0.467. The number of rotatable bonds is 2. The zero-order valence-corrected chi connectivity index (χ0v) is 11.2. The molecule has 4 rings (SSSR count). The molecule has 2 unspecified atom stereocenters. The van der Waals surface area contributed by atoms with E-state index in [2.05, 4.69) is 39.7 Å². The number of ether oxygens (including phenoxy) is 1. The summed E-state index contributed by atoms with van der Waals surface area (Å²) in [6.07, 6.45) is 2.97. The lowest BCUT2D eigenvalue weighted by atomic mass is 9.96. The standard InChI is InChI=1S/C15H17N3O2/c1-2-5-11-9-16-12(8-10(11)4-1)15-17-14(18-20-15)13-6-3-7-19-13/h1-2,4-5,12-13,16H,3,6-9H2. The third-order valence-corrected chi connectivity index (χ3v) is 4.05. The molecule has 0 bridgehead atoms. The normalized spacial score (nSPS) is 25.6. The highest BCUT2D eigenvalue weighted by molar-refractivity contribution is 5.30. The zero-order valence-electron chi connectivity index (χ0n) is 11.2. The van der Waals surface area contributed by atoms with E-state index in [9.17, 15) is 0 Å². The summed E-state index contributed by atoms with van der Waals surface area (Å²) in [5.41, 5.74) is 2.70. The van der Waals surface area contributed by atoms with E-state index in [0.717, 1.165) is 32.4 Å². The molecule has 0 radical (unpaired) electrons. The van der Waals surface area contributed by atoms with E-state index in [-0.39, 0.29) is 12.1 Å². The van der Waals surface area contributed by atoms with E-state index in [0.29, 0.717) is 11.7 Å². The molecule has 1 N–H and O–H groups in total. The van der Waals surface area contributed by atoms with Gasteiger partial charge in [0.15, 0.2) is 0 Å². The third-order valence-electron chi connectivity index (χ3n) is 4.05. The fourth-order valence-electron chi connectivity index (χ4n) is 2.93. The third kappa shape index (κ3) is 2.13. The highest BCUT2D eigenvalue weighted by atomic mass is 16.5. The van der Waals surface area contributed by atoms with E-state index in [1.54, 1.807) is 0 Å². The highest BCUT2D eigenvalue weighted by Crippen LogP contribution is 2.29. The Bertz CT molecular complexity index is 605. The maximum atomic E-state index is 5.59. The second-order valence-corrected chi connectivity index (χ2v) is 5.40. The average molecular weight is 271 g/mol. The molecule has 104 valence electrons. The SMILES string of the molecule is c1ccc2c(c1)CNC(c1nc(C3CCCO3)no1)C2. The van der Waals surface area contributed by atoms with Crippen molar-refractivity contribution in [1.29, 1.82) is 0 Å². The number of aromatic nitrogens is 2. The minimum absolute atomic E-state index is 0.0170. The highest BCUT2D eigenvalue weighted by Gasteiger charge is 2.27. The van der Waals surface area contributed by atoms with E-state index in [1.165, 1.54) is 11.1 Å². The molecule has 5 nitrogen and oxygen atoms in total. The Morgan fingerprint density at radius 3 is 2.95 bits per heavy atom. The first-order valence-electron chi connectivity index (χ1n) is 7.15. The van der Waals surface area contributed by atoms with Gasteiger partial charge >= 0.3 is 0 Å². The van der Waals surface area contributed by atoms with Crippen molar-refractivity contribution in [2.24, 2.45) is 0 Å². The second kappa shape index (κ2) is 5.00. The minimum Gasteiger partial charge on any atom is -0.370 e. The summed E-state index contributed by atoms with van der Waals surface area (Å²) in [6, 6.07) is 8.58. The topological polar surface area (TPSA) is 60.2 Å². The predicted molar refractivity (Wildman–Crippen MR) is 72.0 cm³/mol. The van der Waals surface area contributed by atoms with E-state index in [1.807, 2.05) is 0 Å². The van der Waals surface area contributed by atoms with Gasteiger partial charge in [0, 0.05) is 13.2 Å². The van der Waals surface area contributed by atoms with Gasteiger partial charge in [-0.3, -0.25) is 0 Å². The number of hydrogen-bond donors (Lipinski definition) is 1. The molecule has 0 aliphatic carbocycles. The van der Waals surface area contributed by atoms with E-state index in [4.69, 9.17) is 9.26 Å². The van der Waals surface area contributed by atoms with Crippen LogP contribution in [0.1, 0.15) is 47.8 Å². The lowest BCUT2D eigenvalue weighted by Crippen LogP contribution is -2.28. The first-order valence-corrected chi connectivity index (χ1v) is 7.15.